The Kier molecular flexibility index (Phi) is 12.6. The lowest BCUT2D eigenvalue weighted by atomic mass is 9.92. The number of azide groups is 1. The van der Waals surface area contributed by atoms with Gasteiger partial charge in [0.15, 0.2) is 32.6 Å². The third-order valence-electron chi connectivity index (χ3n) is 5.81. The lowest BCUT2D eigenvalue weighted by Crippen LogP contribution is -2.39. The number of methoxy groups -OCH3 is 3. The molecule has 0 saturated heterocycles. The van der Waals surface area contributed by atoms with E-state index in [0.717, 1.165) is 31.2 Å². The van der Waals surface area contributed by atoms with Crippen LogP contribution in [0.25, 0.3) is 10.4 Å². The second kappa shape index (κ2) is 16.4. The number of nitrogens with zero attached hydrogens (tertiary/aromatic N) is 3. The van der Waals surface area contributed by atoms with E-state index in [1.807, 2.05) is 12.1 Å². The van der Waals surface area contributed by atoms with Gasteiger partial charge in [-0.25, -0.2) is 0 Å². The highest BCUT2D eigenvalue weighted by molar-refractivity contribution is 6.06. The molecule has 0 bridgehead atoms. The summed E-state index contributed by atoms with van der Waals surface area (Å²) >= 11 is 0. The van der Waals surface area contributed by atoms with Crippen LogP contribution in [0.1, 0.15) is 47.7 Å². The molecule has 1 aliphatic heterocycles. The first kappa shape index (κ1) is 30.0. The van der Waals surface area contributed by atoms with Crippen LogP contribution in [0.2, 0.25) is 0 Å². The molecule has 1 heterocycles. The van der Waals surface area contributed by atoms with Crippen LogP contribution >= 0.6 is 0 Å². The smallest absolute Gasteiger partial charge is 0.203 e. The van der Waals surface area contributed by atoms with Gasteiger partial charge in [-0.1, -0.05) is 30.1 Å². The van der Waals surface area contributed by atoms with E-state index in [4.69, 9.17) is 43.4 Å². The van der Waals surface area contributed by atoms with Crippen LogP contribution in [0.5, 0.6) is 23.0 Å². The highest BCUT2D eigenvalue weighted by Crippen LogP contribution is 2.44. The first-order valence-corrected chi connectivity index (χ1v) is 12.6. The van der Waals surface area contributed by atoms with E-state index in [9.17, 15) is 4.79 Å². The molecule has 39 heavy (non-hydrogen) atoms. The summed E-state index contributed by atoms with van der Waals surface area (Å²) in [5, 5.41) is 3.55. The lowest BCUT2D eigenvalue weighted by Gasteiger charge is -2.33. The molecule has 2 atom stereocenters. The third-order valence-corrected chi connectivity index (χ3v) is 5.81. The molecule has 0 aliphatic carbocycles. The SMILES string of the molecule is COCOc1ccc([C@H]2Oc3cc(OCOC)cc(OCOC)c3C(=O)[C@@H]2OCCCCCCN=[N+]=[N-])cc1. The first-order chi connectivity index (χ1) is 19.1. The number of hydrogen-bond donors (Lipinski definition) is 0. The monoisotopic (exact) mass is 545 g/mol. The molecule has 0 unspecified atom stereocenters. The Labute approximate surface area is 227 Å². The van der Waals surface area contributed by atoms with Crippen molar-refractivity contribution < 1.29 is 42.7 Å². The van der Waals surface area contributed by atoms with Crippen LogP contribution in [0, 0.1) is 0 Å². The molecule has 3 rings (SSSR count). The number of ketones is 1. The minimum absolute atomic E-state index is 0.0113. The van der Waals surface area contributed by atoms with Crippen LogP contribution in [-0.2, 0) is 18.9 Å². The van der Waals surface area contributed by atoms with Crippen molar-refractivity contribution in [2.75, 3.05) is 54.9 Å². The number of carbonyl (C=O) groups is 1. The normalized spacial score (nSPS) is 16.1. The van der Waals surface area contributed by atoms with Crippen molar-refractivity contribution in [3.8, 4) is 23.0 Å². The zero-order valence-electron chi connectivity index (χ0n) is 22.5. The molecule has 0 radical (unpaired) electrons. The minimum atomic E-state index is -0.915. The molecular formula is C27H35N3O9. The van der Waals surface area contributed by atoms with Crippen LogP contribution in [0.15, 0.2) is 41.5 Å². The Balaban J connectivity index is 1.86. The van der Waals surface area contributed by atoms with Gasteiger partial charge in [0.1, 0.15) is 28.6 Å². The minimum Gasteiger partial charge on any atom is -0.481 e. The van der Waals surface area contributed by atoms with Crippen molar-refractivity contribution in [3.05, 3.63) is 58.0 Å². The summed E-state index contributed by atoms with van der Waals surface area (Å²) in [4.78, 5) is 16.6. The molecule has 1 aliphatic rings. The van der Waals surface area contributed by atoms with Gasteiger partial charge < -0.3 is 37.9 Å². The Morgan fingerprint density at radius 2 is 1.54 bits per heavy atom. The third kappa shape index (κ3) is 8.74. The summed E-state index contributed by atoms with van der Waals surface area (Å²) in [5.41, 5.74) is 9.39. The Morgan fingerprint density at radius 3 is 2.23 bits per heavy atom. The summed E-state index contributed by atoms with van der Waals surface area (Å²) in [7, 11) is 4.55. The van der Waals surface area contributed by atoms with E-state index in [-0.39, 0.29) is 37.5 Å². The van der Waals surface area contributed by atoms with Gasteiger partial charge in [0.05, 0.1) is 0 Å². The molecule has 0 aromatic heterocycles. The van der Waals surface area contributed by atoms with Gasteiger partial charge in [-0.15, -0.1) is 0 Å². The van der Waals surface area contributed by atoms with Crippen molar-refractivity contribution >= 4 is 5.78 Å². The number of hydrogen-bond acceptors (Lipinski definition) is 10. The summed E-state index contributed by atoms with van der Waals surface area (Å²) in [6, 6.07) is 10.4. The molecule has 0 fully saturated rings. The Hall–Kier alpha value is -3.54. The van der Waals surface area contributed by atoms with Crippen molar-refractivity contribution in [1.29, 1.82) is 0 Å². The number of benzene rings is 2. The summed E-state index contributed by atoms with van der Waals surface area (Å²) in [5.74, 6) is 1.33. The molecule has 0 saturated carbocycles. The number of carbonyl (C=O) groups excluding carboxylic acids is 1. The molecule has 12 heteroatoms. The summed E-state index contributed by atoms with van der Waals surface area (Å²) in [6.07, 6.45) is 1.67. The quantitative estimate of drug-likeness (QED) is 0.0812. The van der Waals surface area contributed by atoms with Crippen LogP contribution < -0.4 is 18.9 Å². The predicted octanol–water partition coefficient (Wildman–Crippen LogP) is 5.21. The average molecular weight is 546 g/mol. The summed E-state index contributed by atoms with van der Waals surface area (Å²) < 4.78 is 44.4. The zero-order chi connectivity index (χ0) is 27.9. The zero-order valence-corrected chi connectivity index (χ0v) is 22.5. The van der Waals surface area contributed by atoms with E-state index in [2.05, 4.69) is 10.0 Å². The fourth-order valence-electron chi connectivity index (χ4n) is 4.01. The topological polar surface area (TPSA) is 140 Å². The van der Waals surface area contributed by atoms with Crippen molar-refractivity contribution in [1.82, 2.24) is 0 Å². The van der Waals surface area contributed by atoms with Crippen molar-refractivity contribution in [2.45, 2.75) is 37.9 Å². The molecule has 212 valence electrons. The number of fused-ring (bicyclic) bond motifs is 1. The second-order valence-electron chi connectivity index (χ2n) is 8.58. The fraction of sp³-hybridized carbons (Fsp3) is 0.519. The number of rotatable bonds is 18. The number of ether oxygens (including phenoxy) is 8. The summed E-state index contributed by atoms with van der Waals surface area (Å²) in [6.45, 7) is 0.883. The predicted molar refractivity (Wildman–Crippen MR) is 140 cm³/mol. The van der Waals surface area contributed by atoms with Gasteiger partial charge in [0.25, 0.3) is 0 Å². The molecule has 0 N–H and O–H groups in total. The molecule has 0 amide bonds. The highest BCUT2D eigenvalue weighted by atomic mass is 16.7. The fourth-order valence-corrected chi connectivity index (χ4v) is 4.01. The van der Waals surface area contributed by atoms with Crippen LogP contribution in [0.4, 0.5) is 0 Å². The van der Waals surface area contributed by atoms with E-state index in [0.29, 0.717) is 30.4 Å². The highest BCUT2D eigenvalue weighted by Gasteiger charge is 2.41. The van der Waals surface area contributed by atoms with Crippen molar-refractivity contribution in [3.63, 3.8) is 0 Å². The molecule has 2 aromatic carbocycles. The Morgan fingerprint density at radius 1 is 0.872 bits per heavy atom. The van der Waals surface area contributed by atoms with Crippen molar-refractivity contribution in [2.24, 2.45) is 5.11 Å². The maximum atomic E-state index is 13.9. The van der Waals surface area contributed by atoms with Gasteiger partial charge in [-0.2, -0.15) is 0 Å². The first-order valence-electron chi connectivity index (χ1n) is 12.6. The van der Waals surface area contributed by atoms with E-state index in [1.165, 1.54) is 14.2 Å². The van der Waals surface area contributed by atoms with Gasteiger partial charge in [0, 0.05) is 51.5 Å². The maximum absolute atomic E-state index is 13.9. The van der Waals surface area contributed by atoms with Gasteiger partial charge in [-0.3, -0.25) is 4.79 Å². The second-order valence-corrected chi connectivity index (χ2v) is 8.58. The van der Waals surface area contributed by atoms with Crippen LogP contribution in [-0.4, -0.2) is 66.7 Å². The van der Waals surface area contributed by atoms with Crippen LogP contribution in [0.3, 0.4) is 0 Å². The maximum Gasteiger partial charge on any atom is 0.203 e. The molecule has 2 aromatic rings. The van der Waals surface area contributed by atoms with E-state index < -0.39 is 12.2 Å². The number of Topliss-reactive ketones (excluding diaryl/α,β-unsaturated/α-hetero) is 1. The lowest BCUT2D eigenvalue weighted by molar-refractivity contribution is -0.0241. The van der Waals surface area contributed by atoms with Gasteiger partial charge in [-0.05, 0) is 36.1 Å². The Bertz CT molecular complexity index is 1090. The molecule has 12 nitrogen and oxygen atoms in total. The van der Waals surface area contributed by atoms with Gasteiger partial charge >= 0.3 is 0 Å². The van der Waals surface area contributed by atoms with E-state index in [1.54, 1.807) is 31.4 Å². The van der Waals surface area contributed by atoms with Gasteiger partial charge in [0.2, 0.25) is 5.78 Å². The molecule has 0 spiro atoms. The average Bonchev–Trinajstić information content (AvgIpc) is 2.96. The van der Waals surface area contributed by atoms with E-state index >= 15 is 0 Å². The standard InChI is InChI=1S/C27H35N3O9/c1-32-16-36-20-10-8-19(9-11-20)26-27(35-13-7-5-4-6-12-29-30-28)25(31)24-22(38-18-34-3)14-21(37-17-33-2)15-23(24)39-26/h8-11,14-15,26-27H,4-7,12-13,16-18H2,1-3H3/t26-,27+/m1/s1. The largest absolute Gasteiger partial charge is 0.481 e. The molecular weight excluding hydrogens is 510 g/mol. The number of unbranched alkanes of at least 4 members (excludes halogenated alkanes) is 3.